The van der Waals surface area contributed by atoms with Crippen molar-refractivity contribution in [3.05, 3.63) is 34.6 Å². The zero-order valence-corrected chi connectivity index (χ0v) is 22.6. The molecular weight excluding hydrogens is 415 g/mol. The molecule has 1 aromatic rings. The van der Waals surface area contributed by atoms with Gasteiger partial charge < -0.3 is 0 Å². The summed E-state index contributed by atoms with van der Waals surface area (Å²) in [6, 6.07) is 4.29. The van der Waals surface area contributed by atoms with Crippen molar-refractivity contribution in [1.29, 1.82) is 0 Å². The minimum absolute atomic E-state index is 0.121. The predicted molar refractivity (Wildman–Crippen MR) is 145 cm³/mol. The van der Waals surface area contributed by atoms with Crippen molar-refractivity contribution in [2.75, 3.05) is 0 Å². The fourth-order valence-corrected chi connectivity index (χ4v) is 7.86. The standard InChI is InChI=1S/C33H53F/c1-3-5-7-9-11-13-26-15-17-29-23-32(33(34)24-31(29)21-26)30-19-18-27-20-25(12-10-8-6-4-2)14-16-28(27)22-30/h23-28,30H,3-22H2,1-2H3. The summed E-state index contributed by atoms with van der Waals surface area (Å²) in [5, 5.41) is 0. The molecule has 1 aromatic carbocycles. The smallest absolute Gasteiger partial charge is 0.126 e. The van der Waals surface area contributed by atoms with Gasteiger partial charge in [0, 0.05) is 0 Å². The molecule has 0 heterocycles. The van der Waals surface area contributed by atoms with Crippen molar-refractivity contribution in [3.63, 3.8) is 0 Å². The van der Waals surface area contributed by atoms with E-state index in [-0.39, 0.29) is 5.82 Å². The number of benzene rings is 1. The highest BCUT2D eigenvalue weighted by Gasteiger charge is 2.36. The second-order valence-corrected chi connectivity index (χ2v) is 12.5. The average Bonchev–Trinajstić information content (AvgIpc) is 2.85. The van der Waals surface area contributed by atoms with Gasteiger partial charge in [0.1, 0.15) is 5.82 Å². The number of rotatable bonds is 12. The van der Waals surface area contributed by atoms with Crippen molar-refractivity contribution < 1.29 is 4.39 Å². The topological polar surface area (TPSA) is 0 Å². The van der Waals surface area contributed by atoms with E-state index in [0.29, 0.717) is 5.92 Å². The Morgan fingerprint density at radius 2 is 1.35 bits per heavy atom. The maximum atomic E-state index is 15.4. The number of halogens is 1. The van der Waals surface area contributed by atoms with E-state index in [2.05, 4.69) is 19.9 Å². The molecule has 34 heavy (non-hydrogen) atoms. The highest BCUT2D eigenvalue weighted by Crippen LogP contribution is 2.49. The van der Waals surface area contributed by atoms with Crippen LogP contribution in [0.25, 0.3) is 0 Å². The first-order valence-electron chi connectivity index (χ1n) is 15.5. The monoisotopic (exact) mass is 468 g/mol. The van der Waals surface area contributed by atoms with Crippen LogP contribution in [0.1, 0.15) is 152 Å². The van der Waals surface area contributed by atoms with Gasteiger partial charge in [0.2, 0.25) is 0 Å². The van der Waals surface area contributed by atoms with E-state index in [1.807, 2.05) is 6.07 Å². The number of unbranched alkanes of at least 4 members (excludes halogenated alkanes) is 7. The highest BCUT2D eigenvalue weighted by atomic mass is 19.1. The van der Waals surface area contributed by atoms with E-state index >= 15 is 4.39 Å². The molecule has 3 aliphatic carbocycles. The van der Waals surface area contributed by atoms with Gasteiger partial charge in [-0.3, -0.25) is 0 Å². The van der Waals surface area contributed by atoms with E-state index in [1.54, 1.807) is 0 Å². The lowest BCUT2D eigenvalue weighted by Crippen LogP contribution is -2.31. The summed E-state index contributed by atoms with van der Waals surface area (Å²) in [6.07, 6.45) is 27.0. The van der Waals surface area contributed by atoms with Crippen LogP contribution >= 0.6 is 0 Å². The summed E-state index contributed by atoms with van der Waals surface area (Å²) < 4.78 is 15.4. The maximum absolute atomic E-state index is 15.4. The Hall–Kier alpha value is -0.850. The van der Waals surface area contributed by atoms with Gasteiger partial charge in [0.25, 0.3) is 0 Å². The first-order chi connectivity index (χ1) is 16.7. The molecule has 3 aliphatic rings. The normalized spacial score (nSPS) is 29.0. The summed E-state index contributed by atoms with van der Waals surface area (Å²) in [6.45, 7) is 4.59. The molecule has 1 heteroatoms. The maximum Gasteiger partial charge on any atom is 0.126 e. The Kier molecular flexibility index (Phi) is 10.4. The van der Waals surface area contributed by atoms with Gasteiger partial charge in [-0.1, -0.05) is 97.0 Å². The van der Waals surface area contributed by atoms with Crippen LogP contribution in [0.3, 0.4) is 0 Å². The van der Waals surface area contributed by atoms with Gasteiger partial charge in [-0.15, -0.1) is 0 Å². The minimum atomic E-state index is 0.121. The quantitative estimate of drug-likeness (QED) is 0.268. The third-order valence-electron chi connectivity index (χ3n) is 9.99. The van der Waals surface area contributed by atoms with Gasteiger partial charge in [-0.25, -0.2) is 4.39 Å². The first-order valence-corrected chi connectivity index (χ1v) is 15.5. The Labute approximate surface area is 210 Å². The largest absolute Gasteiger partial charge is 0.207 e. The van der Waals surface area contributed by atoms with Crippen LogP contribution < -0.4 is 0 Å². The van der Waals surface area contributed by atoms with Crippen molar-refractivity contribution in [2.45, 2.75) is 148 Å². The molecule has 0 saturated heterocycles. The number of aryl methyl sites for hydroxylation is 1. The van der Waals surface area contributed by atoms with Crippen LogP contribution in [-0.2, 0) is 12.8 Å². The summed E-state index contributed by atoms with van der Waals surface area (Å²) in [7, 11) is 0. The molecule has 4 rings (SSSR count). The summed E-state index contributed by atoms with van der Waals surface area (Å²) in [5.74, 6) is 4.15. The first kappa shape index (κ1) is 26.2. The average molecular weight is 469 g/mol. The van der Waals surface area contributed by atoms with Crippen molar-refractivity contribution in [3.8, 4) is 0 Å². The molecule has 0 radical (unpaired) electrons. The second kappa shape index (κ2) is 13.5. The highest BCUT2D eigenvalue weighted by molar-refractivity contribution is 5.37. The third kappa shape index (κ3) is 7.10. The second-order valence-electron chi connectivity index (χ2n) is 12.5. The molecule has 0 amide bonds. The summed E-state index contributed by atoms with van der Waals surface area (Å²) in [5.41, 5.74) is 3.90. The molecular formula is C33H53F. The molecule has 0 bridgehead atoms. The predicted octanol–water partition coefficient (Wildman–Crippen LogP) is 10.6. The molecule has 5 unspecified atom stereocenters. The lowest BCUT2D eigenvalue weighted by molar-refractivity contribution is 0.112. The lowest BCUT2D eigenvalue weighted by Gasteiger charge is -2.42. The molecule has 5 atom stereocenters. The Morgan fingerprint density at radius 3 is 2.15 bits per heavy atom. The minimum Gasteiger partial charge on any atom is -0.207 e. The SMILES string of the molecule is CCCCCCCC1CCc2cc(C3CCC4CC(CCCCCC)CCC4C3)c(F)cc2C1. The van der Waals surface area contributed by atoms with E-state index in [4.69, 9.17) is 0 Å². The zero-order chi connectivity index (χ0) is 23.8. The van der Waals surface area contributed by atoms with E-state index in [1.165, 1.54) is 133 Å². The van der Waals surface area contributed by atoms with E-state index in [9.17, 15) is 0 Å². The van der Waals surface area contributed by atoms with Crippen LogP contribution in [0, 0.1) is 29.5 Å². The molecule has 0 aliphatic heterocycles. The van der Waals surface area contributed by atoms with Crippen molar-refractivity contribution in [1.82, 2.24) is 0 Å². The van der Waals surface area contributed by atoms with Crippen LogP contribution in [0.2, 0.25) is 0 Å². The van der Waals surface area contributed by atoms with Gasteiger partial charge in [0.15, 0.2) is 0 Å². The fourth-order valence-electron chi connectivity index (χ4n) is 7.86. The van der Waals surface area contributed by atoms with E-state index in [0.717, 1.165) is 35.7 Å². The van der Waals surface area contributed by atoms with Gasteiger partial charge in [0.05, 0.1) is 0 Å². The Balaban J connectivity index is 1.27. The number of fused-ring (bicyclic) bond motifs is 2. The molecule has 0 N–H and O–H groups in total. The third-order valence-corrected chi connectivity index (χ3v) is 9.99. The van der Waals surface area contributed by atoms with Gasteiger partial charge >= 0.3 is 0 Å². The zero-order valence-electron chi connectivity index (χ0n) is 22.6. The number of hydrogen-bond donors (Lipinski definition) is 0. The van der Waals surface area contributed by atoms with Crippen molar-refractivity contribution >= 4 is 0 Å². The Bertz CT molecular complexity index is 736. The molecule has 192 valence electrons. The molecule has 2 saturated carbocycles. The van der Waals surface area contributed by atoms with Crippen molar-refractivity contribution in [2.24, 2.45) is 23.7 Å². The van der Waals surface area contributed by atoms with Crippen LogP contribution in [-0.4, -0.2) is 0 Å². The summed E-state index contributed by atoms with van der Waals surface area (Å²) >= 11 is 0. The van der Waals surface area contributed by atoms with Gasteiger partial charge in [-0.2, -0.15) is 0 Å². The number of hydrogen-bond acceptors (Lipinski definition) is 0. The molecule has 2 fully saturated rings. The Morgan fingerprint density at radius 1 is 0.676 bits per heavy atom. The lowest BCUT2D eigenvalue weighted by atomic mass is 9.63. The van der Waals surface area contributed by atoms with Gasteiger partial charge in [-0.05, 0) is 104 Å². The van der Waals surface area contributed by atoms with E-state index < -0.39 is 0 Å². The molecule has 0 aromatic heterocycles. The summed E-state index contributed by atoms with van der Waals surface area (Å²) in [4.78, 5) is 0. The fraction of sp³-hybridized carbons (Fsp3) is 0.818. The van der Waals surface area contributed by atoms with Crippen LogP contribution in [0.15, 0.2) is 12.1 Å². The van der Waals surface area contributed by atoms with Crippen LogP contribution in [0.4, 0.5) is 4.39 Å². The molecule has 0 spiro atoms. The van der Waals surface area contributed by atoms with Crippen LogP contribution in [0.5, 0.6) is 0 Å². The molecule has 0 nitrogen and oxygen atoms in total.